The summed E-state index contributed by atoms with van der Waals surface area (Å²) >= 11 is 0. The first-order chi connectivity index (χ1) is 8.92. The zero-order chi connectivity index (χ0) is 14.5. The molecule has 1 aromatic rings. The Morgan fingerprint density at radius 3 is 2.37 bits per heavy atom. The molecule has 19 heavy (non-hydrogen) atoms. The minimum absolute atomic E-state index is 0.0118. The van der Waals surface area contributed by atoms with Crippen LogP contribution in [0, 0.1) is 5.92 Å². The van der Waals surface area contributed by atoms with Crippen molar-refractivity contribution in [3.8, 4) is 5.75 Å². The lowest BCUT2D eigenvalue weighted by atomic mass is 10.1. The summed E-state index contributed by atoms with van der Waals surface area (Å²) in [5.41, 5.74) is -0.912. The van der Waals surface area contributed by atoms with Gasteiger partial charge in [0.1, 0.15) is 12.0 Å². The number of benzene rings is 1. The molecule has 1 rings (SSSR count). The van der Waals surface area contributed by atoms with E-state index >= 15 is 0 Å². The fourth-order valence-corrected chi connectivity index (χ4v) is 1.70. The normalized spacial score (nSPS) is 11.7. The minimum atomic E-state index is -4.53. The molecule has 0 atom stereocenters. The van der Waals surface area contributed by atoms with E-state index in [4.69, 9.17) is 4.74 Å². The zero-order valence-electron chi connectivity index (χ0n) is 11.0. The third-order valence-corrected chi connectivity index (χ3v) is 3.07. The Kier molecular flexibility index (Phi) is 5.39. The molecule has 0 saturated heterocycles. The van der Waals surface area contributed by atoms with Crippen LogP contribution in [0.25, 0.3) is 0 Å². The number of ether oxygens (including phenoxy) is 1. The van der Waals surface area contributed by atoms with E-state index in [-0.39, 0.29) is 23.8 Å². The largest absolute Gasteiger partial charge is 0.493 e. The highest BCUT2D eigenvalue weighted by atomic mass is 19.4. The molecule has 0 saturated carbocycles. The van der Waals surface area contributed by atoms with Crippen LogP contribution in [0.15, 0.2) is 18.2 Å². The molecular weight excluding hydrogens is 257 g/mol. The highest BCUT2D eigenvalue weighted by Gasteiger charge is 2.34. The summed E-state index contributed by atoms with van der Waals surface area (Å²) < 4.78 is 43.8. The highest BCUT2D eigenvalue weighted by Crippen LogP contribution is 2.36. The van der Waals surface area contributed by atoms with Gasteiger partial charge in [-0.15, -0.1) is 0 Å². The summed E-state index contributed by atoms with van der Waals surface area (Å²) in [6.07, 6.45) is -2.43. The van der Waals surface area contributed by atoms with E-state index < -0.39 is 11.7 Å². The van der Waals surface area contributed by atoms with Gasteiger partial charge in [-0.25, -0.2) is 0 Å². The van der Waals surface area contributed by atoms with E-state index in [1.807, 2.05) is 13.8 Å². The van der Waals surface area contributed by atoms with Crippen molar-refractivity contribution >= 4 is 6.29 Å². The van der Waals surface area contributed by atoms with Gasteiger partial charge >= 0.3 is 6.18 Å². The molecule has 0 fully saturated rings. The summed E-state index contributed by atoms with van der Waals surface area (Å²) in [6.45, 7) is 4.19. The number of halogens is 3. The van der Waals surface area contributed by atoms with Crippen molar-refractivity contribution in [3.63, 3.8) is 0 Å². The fourth-order valence-electron chi connectivity index (χ4n) is 1.70. The number of hydrogen-bond donors (Lipinski definition) is 0. The summed E-state index contributed by atoms with van der Waals surface area (Å²) in [5, 5.41) is 0. The highest BCUT2D eigenvalue weighted by molar-refractivity contribution is 5.75. The Hall–Kier alpha value is -1.52. The lowest BCUT2D eigenvalue weighted by molar-refractivity contribution is -0.139. The number of carbonyl (C=O) groups is 1. The molecule has 5 heteroatoms. The maximum atomic E-state index is 12.9. The Bertz CT molecular complexity index is 423. The predicted octanol–water partition coefficient (Wildman–Crippen LogP) is 4.33. The van der Waals surface area contributed by atoms with Crippen molar-refractivity contribution in [1.29, 1.82) is 0 Å². The second kappa shape index (κ2) is 6.59. The smallest absolute Gasteiger partial charge is 0.419 e. The molecule has 0 aliphatic heterocycles. The van der Waals surface area contributed by atoms with Crippen LogP contribution in [-0.2, 0) is 6.18 Å². The van der Waals surface area contributed by atoms with Crippen molar-refractivity contribution in [2.24, 2.45) is 5.92 Å². The van der Waals surface area contributed by atoms with Gasteiger partial charge in [0.25, 0.3) is 0 Å². The van der Waals surface area contributed by atoms with Crippen LogP contribution in [0.3, 0.4) is 0 Å². The third-order valence-electron chi connectivity index (χ3n) is 3.07. The molecule has 2 nitrogen and oxygen atoms in total. The lowest BCUT2D eigenvalue weighted by Crippen LogP contribution is -2.14. The first-order valence-electron chi connectivity index (χ1n) is 6.21. The predicted molar refractivity (Wildman–Crippen MR) is 66.4 cm³/mol. The number of carbonyl (C=O) groups excluding carboxylic acids is 1. The molecule has 0 amide bonds. The van der Waals surface area contributed by atoms with Gasteiger partial charge in [-0.2, -0.15) is 13.2 Å². The molecule has 0 aromatic heterocycles. The van der Waals surface area contributed by atoms with Gasteiger partial charge in [-0.05, 0) is 24.1 Å². The first-order valence-corrected chi connectivity index (χ1v) is 6.21. The fraction of sp³-hybridized carbons (Fsp3) is 0.500. The van der Waals surface area contributed by atoms with Gasteiger partial charge in [-0.1, -0.05) is 26.7 Å². The molecule has 0 N–H and O–H groups in total. The van der Waals surface area contributed by atoms with E-state index in [2.05, 4.69) is 0 Å². The summed E-state index contributed by atoms with van der Waals surface area (Å²) in [5.74, 6) is 0.0110. The Balaban J connectivity index is 2.96. The summed E-state index contributed by atoms with van der Waals surface area (Å²) in [4.78, 5) is 10.5. The monoisotopic (exact) mass is 274 g/mol. The molecule has 106 valence electrons. The molecule has 0 unspecified atom stereocenters. The van der Waals surface area contributed by atoms with E-state index in [1.54, 1.807) is 0 Å². The summed E-state index contributed by atoms with van der Waals surface area (Å²) in [7, 11) is 0. The second-order valence-electron chi connectivity index (χ2n) is 4.36. The molecule has 1 aromatic carbocycles. The zero-order valence-corrected chi connectivity index (χ0v) is 11.0. The average molecular weight is 274 g/mol. The summed E-state index contributed by atoms with van der Waals surface area (Å²) in [6, 6.07) is 3.34. The van der Waals surface area contributed by atoms with Gasteiger partial charge < -0.3 is 4.74 Å². The molecule has 0 radical (unpaired) electrons. The maximum absolute atomic E-state index is 12.9. The Morgan fingerprint density at radius 2 is 1.89 bits per heavy atom. The van der Waals surface area contributed by atoms with Gasteiger partial charge in [0.15, 0.2) is 0 Å². The van der Waals surface area contributed by atoms with Gasteiger partial charge in [0, 0.05) is 5.56 Å². The van der Waals surface area contributed by atoms with Crippen LogP contribution in [0.2, 0.25) is 0 Å². The van der Waals surface area contributed by atoms with Crippen LogP contribution >= 0.6 is 0 Å². The van der Waals surface area contributed by atoms with Crippen LogP contribution in [-0.4, -0.2) is 12.9 Å². The Labute approximate surface area is 110 Å². The topological polar surface area (TPSA) is 26.3 Å². The van der Waals surface area contributed by atoms with Crippen molar-refractivity contribution in [3.05, 3.63) is 29.3 Å². The van der Waals surface area contributed by atoms with E-state index in [0.29, 0.717) is 6.29 Å². The minimum Gasteiger partial charge on any atom is -0.493 e. The first kappa shape index (κ1) is 15.5. The van der Waals surface area contributed by atoms with Crippen LogP contribution in [0.4, 0.5) is 13.2 Å². The molecule has 0 bridgehead atoms. The van der Waals surface area contributed by atoms with Gasteiger partial charge in [0.05, 0.1) is 12.2 Å². The lowest BCUT2D eigenvalue weighted by Gasteiger charge is -2.17. The molecule has 0 spiro atoms. The molecule has 0 aliphatic carbocycles. The Morgan fingerprint density at radius 1 is 1.26 bits per heavy atom. The molecule has 0 heterocycles. The van der Waals surface area contributed by atoms with Gasteiger partial charge in [0.2, 0.25) is 0 Å². The maximum Gasteiger partial charge on any atom is 0.419 e. The van der Waals surface area contributed by atoms with Crippen LogP contribution < -0.4 is 4.74 Å². The standard InChI is InChI=1S/C14H17F3O2/c1-3-10(4-2)9-19-13-6-5-11(8-18)7-12(13)14(15,16)17/h5-8,10H,3-4,9H2,1-2H3. The van der Waals surface area contributed by atoms with Crippen molar-refractivity contribution < 1.29 is 22.7 Å². The van der Waals surface area contributed by atoms with E-state index in [1.165, 1.54) is 12.1 Å². The number of hydrogen-bond acceptors (Lipinski definition) is 2. The number of alkyl halides is 3. The number of rotatable bonds is 6. The molecular formula is C14H17F3O2. The van der Waals surface area contributed by atoms with Crippen molar-refractivity contribution in [2.75, 3.05) is 6.61 Å². The van der Waals surface area contributed by atoms with E-state index in [0.717, 1.165) is 18.9 Å². The van der Waals surface area contributed by atoms with Gasteiger partial charge in [-0.3, -0.25) is 4.79 Å². The molecule has 0 aliphatic rings. The van der Waals surface area contributed by atoms with Crippen LogP contribution in [0.1, 0.15) is 42.6 Å². The van der Waals surface area contributed by atoms with Crippen molar-refractivity contribution in [2.45, 2.75) is 32.9 Å². The van der Waals surface area contributed by atoms with Crippen LogP contribution in [0.5, 0.6) is 5.75 Å². The number of aldehydes is 1. The third kappa shape index (κ3) is 4.26. The van der Waals surface area contributed by atoms with Crippen molar-refractivity contribution in [1.82, 2.24) is 0 Å². The van der Waals surface area contributed by atoms with E-state index in [9.17, 15) is 18.0 Å². The SMILES string of the molecule is CCC(CC)COc1ccc(C=O)cc1C(F)(F)F. The average Bonchev–Trinajstić information content (AvgIpc) is 2.39. The quantitative estimate of drug-likeness (QED) is 0.721. The second-order valence-corrected chi connectivity index (χ2v) is 4.36.